The second-order valence-electron chi connectivity index (χ2n) is 7.94. The van der Waals surface area contributed by atoms with E-state index in [4.69, 9.17) is 4.74 Å². The lowest BCUT2D eigenvalue weighted by Crippen LogP contribution is -2.45. The zero-order valence-electron chi connectivity index (χ0n) is 17.4. The number of ether oxygens (including phenoxy) is 1. The number of aromatic nitrogens is 3. The van der Waals surface area contributed by atoms with Crippen molar-refractivity contribution in [3.05, 3.63) is 41.3 Å². The van der Waals surface area contributed by atoms with Crippen molar-refractivity contribution < 1.29 is 19.7 Å². The summed E-state index contributed by atoms with van der Waals surface area (Å²) in [6.45, 7) is 7.30. The van der Waals surface area contributed by atoms with E-state index in [0.717, 1.165) is 30.2 Å². The van der Waals surface area contributed by atoms with Crippen LogP contribution < -0.4 is 10.2 Å². The van der Waals surface area contributed by atoms with Crippen LogP contribution in [0.2, 0.25) is 0 Å². The smallest absolute Gasteiger partial charge is 0.269 e. The third-order valence-electron chi connectivity index (χ3n) is 5.96. The Balaban J connectivity index is 1.52. The fourth-order valence-electron chi connectivity index (χ4n) is 4.34. The molecule has 3 heterocycles. The van der Waals surface area contributed by atoms with Gasteiger partial charge in [0.1, 0.15) is 17.6 Å². The van der Waals surface area contributed by atoms with Crippen molar-refractivity contribution in [1.29, 1.82) is 0 Å². The Morgan fingerprint density at radius 3 is 2.73 bits per heavy atom. The number of hydrogen-bond acceptors (Lipinski definition) is 7. The van der Waals surface area contributed by atoms with Gasteiger partial charge in [0.25, 0.3) is 5.91 Å². The van der Waals surface area contributed by atoms with Gasteiger partial charge < -0.3 is 25.2 Å². The number of rotatable bonds is 5. The predicted molar refractivity (Wildman–Crippen MR) is 111 cm³/mol. The summed E-state index contributed by atoms with van der Waals surface area (Å²) in [7, 11) is 0. The van der Waals surface area contributed by atoms with Crippen LogP contribution in [0.5, 0.6) is 0 Å². The Hall–Kier alpha value is -2.49. The van der Waals surface area contributed by atoms with Crippen LogP contribution in [-0.2, 0) is 11.3 Å². The summed E-state index contributed by atoms with van der Waals surface area (Å²) >= 11 is 0. The standard InChI is InChI=1S/C21H29N5O4/c1-3-26-16(10-13(2)24-26)21(29)23-19-15(11-17(27)20(19)28)14-4-5-18(22-12-14)25-6-8-30-9-7-25/h4-5,10,12,15,17,19-20,27-28H,3,6-9,11H2,1-2H3,(H,23,29)/t15-,17-,19-,20-/m1/s1. The quantitative estimate of drug-likeness (QED) is 0.650. The summed E-state index contributed by atoms with van der Waals surface area (Å²) < 4.78 is 7.02. The maximum absolute atomic E-state index is 12.9. The molecule has 1 saturated heterocycles. The molecule has 0 bridgehead atoms. The third kappa shape index (κ3) is 4.05. The molecule has 2 fully saturated rings. The van der Waals surface area contributed by atoms with Gasteiger partial charge in [0.2, 0.25) is 0 Å². The molecule has 0 aromatic carbocycles. The molecule has 1 amide bonds. The molecule has 2 aromatic rings. The highest BCUT2D eigenvalue weighted by molar-refractivity contribution is 5.93. The maximum atomic E-state index is 12.9. The van der Waals surface area contributed by atoms with Crippen molar-refractivity contribution >= 4 is 11.7 Å². The fraction of sp³-hybridized carbons (Fsp3) is 0.571. The van der Waals surface area contributed by atoms with Crippen molar-refractivity contribution in [3.63, 3.8) is 0 Å². The van der Waals surface area contributed by atoms with E-state index in [-0.39, 0.29) is 11.8 Å². The molecule has 1 aliphatic carbocycles. The van der Waals surface area contributed by atoms with Crippen LogP contribution in [0.3, 0.4) is 0 Å². The molecule has 1 saturated carbocycles. The number of nitrogens with one attached hydrogen (secondary N) is 1. The van der Waals surface area contributed by atoms with Gasteiger partial charge >= 0.3 is 0 Å². The lowest BCUT2D eigenvalue weighted by Gasteiger charge is -2.28. The molecule has 3 N–H and O–H groups in total. The van der Waals surface area contributed by atoms with Crippen molar-refractivity contribution in [2.24, 2.45) is 0 Å². The maximum Gasteiger partial charge on any atom is 0.269 e. The van der Waals surface area contributed by atoms with Crippen LogP contribution in [0.25, 0.3) is 0 Å². The highest BCUT2D eigenvalue weighted by Crippen LogP contribution is 2.35. The van der Waals surface area contributed by atoms with Gasteiger partial charge in [-0.1, -0.05) is 6.07 Å². The molecule has 0 radical (unpaired) electrons. The van der Waals surface area contributed by atoms with E-state index in [2.05, 4.69) is 20.3 Å². The number of carbonyl (C=O) groups excluding carboxylic acids is 1. The normalized spacial score (nSPS) is 26.7. The Kier molecular flexibility index (Phi) is 6.03. The summed E-state index contributed by atoms with van der Waals surface area (Å²) in [5.41, 5.74) is 2.09. The molecular weight excluding hydrogens is 386 g/mol. The number of amides is 1. The SMILES string of the molecule is CCn1nc(C)cc1C(=O)N[C@H]1[C@H](O)[C@H](O)C[C@@H]1c1ccc(N2CCOCC2)nc1. The first kappa shape index (κ1) is 20.8. The number of aliphatic hydroxyl groups is 2. The second kappa shape index (κ2) is 8.71. The van der Waals surface area contributed by atoms with Crippen molar-refractivity contribution in [1.82, 2.24) is 20.1 Å². The third-order valence-corrected chi connectivity index (χ3v) is 5.96. The highest BCUT2D eigenvalue weighted by Gasteiger charge is 2.43. The molecule has 162 valence electrons. The minimum absolute atomic E-state index is 0.232. The van der Waals surface area contributed by atoms with Crippen molar-refractivity contribution in [2.75, 3.05) is 31.2 Å². The summed E-state index contributed by atoms with van der Waals surface area (Å²) in [5.74, 6) is 0.340. The van der Waals surface area contributed by atoms with Gasteiger partial charge in [-0.05, 0) is 38.0 Å². The lowest BCUT2D eigenvalue weighted by atomic mass is 9.94. The van der Waals surface area contributed by atoms with Crippen molar-refractivity contribution in [2.45, 2.75) is 51.0 Å². The average molecular weight is 415 g/mol. The Morgan fingerprint density at radius 1 is 1.30 bits per heavy atom. The molecule has 2 aliphatic rings. The molecule has 9 nitrogen and oxygen atoms in total. The van der Waals surface area contributed by atoms with E-state index in [1.807, 2.05) is 26.0 Å². The molecular formula is C21H29N5O4. The second-order valence-corrected chi connectivity index (χ2v) is 7.94. The van der Waals surface area contributed by atoms with Crippen LogP contribution in [0.1, 0.15) is 41.0 Å². The predicted octanol–water partition coefficient (Wildman–Crippen LogP) is 0.451. The van der Waals surface area contributed by atoms with E-state index in [1.54, 1.807) is 16.9 Å². The first-order chi connectivity index (χ1) is 14.5. The van der Waals surface area contributed by atoms with E-state index in [1.165, 1.54) is 0 Å². The Labute approximate surface area is 175 Å². The topological polar surface area (TPSA) is 113 Å². The number of morpholine rings is 1. The van der Waals surface area contributed by atoms with Gasteiger partial charge in [0.15, 0.2) is 0 Å². The molecule has 4 atom stereocenters. The van der Waals surface area contributed by atoms with Gasteiger partial charge in [-0.25, -0.2) is 4.98 Å². The summed E-state index contributed by atoms with van der Waals surface area (Å²) in [6.07, 6.45) is 0.186. The Bertz CT molecular complexity index is 878. The number of nitrogens with zero attached hydrogens (tertiary/aromatic N) is 4. The zero-order valence-corrected chi connectivity index (χ0v) is 17.4. The first-order valence-corrected chi connectivity index (χ1v) is 10.5. The number of hydrogen-bond donors (Lipinski definition) is 3. The molecule has 0 spiro atoms. The van der Waals surface area contributed by atoms with Crippen LogP contribution >= 0.6 is 0 Å². The molecule has 2 aromatic heterocycles. The highest BCUT2D eigenvalue weighted by atomic mass is 16.5. The van der Waals surface area contributed by atoms with Crippen molar-refractivity contribution in [3.8, 4) is 0 Å². The number of carbonyl (C=O) groups is 1. The number of pyridine rings is 1. The Morgan fingerprint density at radius 2 is 2.07 bits per heavy atom. The number of anilines is 1. The van der Waals surface area contributed by atoms with Crippen LogP contribution in [0.15, 0.2) is 24.4 Å². The lowest BCUT2D eigenvalue weighted by molar-refractivity contribution is 0.0293. The monoisotopic (exact) mass is 415 g/mol. The summed E-state index contributed by atoms with van der Waals surface area (Å²) in [6, 6.07) is 5.03. The van der Waals surface area contributed by atoms with Gasteiger partial charge in [0.05, 0.1) is 31.1 Å². The minimum atomic E-state index is -1.04. The van der Waals surface area contributed by atoms with Crippen LogP contribution in [-0.4, -0.2) is 75.4 Å². The molecule has 1 aliphatic heterocycles. The van der Waals surface area contributed by atoms with Gasteiger partial charge in [0, 0.05) is 31.7 Å². The molecule has 30 heavy (non-hydrogen) atoms. The van der Waals surface area contributed by atoms with Crippen LogP contribution in [0, 0.1) is 6.92 Å². The average Bonchev–Trinajstić information content (AvgIpc) is 3.29. The van der Waals surface area contributed by atoms with E-state index < -0.39 is 18.2 Å². The van der Waals surface area contributed by atoms with Gasteiger partial charge in [-0.3, -0.25) is 9.48 Å². The summed E-state index contributed by atoms with van der Waals surface area (Å²) in [5, 5.41) is 28.1. The number of aryl methyl sites for hydroxylation is 2. The van der Waals surface area contributed by atoms with Gasteiger partial charge in [-0.15, -0.1) is 0 Å². The molecule has 9 heteroatoms. The van der Waals surface area contributed by atoms with E-state index in [9.17, 15) is 15.0 Å². The zero-order chi connectivity index (χ0) is 21.3. The summed E-state index contributed by atoms with van der Waals surface area (Å²) in [4.78, 5) is 19.6. The fourth-order valence-corrected chi connectivity index (χ4v) is 4.34. The first-order valence-electron chi connectivity index (χ1n) is 10.5. The van der Waals surface area contributed by atoms with E-state index >= 15 is 0 Å². The van der Waals surface area contributed by atoms with E-state index in [0.29, 0.717) is 31.9 Å². The molecule has 4 rings (SSSR count). The van der Waals surface area contributed by atoms with Gasteiger partial charge in [-0.2, -0.15) is 5.10 Å². The number of aliphatic hydroxyl groups excluding tert-OH is 2. The molecule has 0 unspecified atom stereocenters. The van der Waals surface area contributed by atoms with Crippen LogP contribution in [0.4, 0.5) is 5.82 Å². The minimum Gasteiger partial charge on any atom is -0.390 e. The largest absolute Gasteiger partial charge is 0.390 e.